The van der Waals surface area contributed by atoms with Crippen molar-refractivity contribution in [3.05, 3.63) is 12.2 Å². The Kier molecular flexibility index (Phi) is 3.44. The van der Waals surface area contributed by atoms with Crippen molar-refractivity contribution in [3.63, 3.8) is 0 Å². The highest BCUT2D eigenvalue weighted by Gasteiger charge is 2.45. The summed E-state index contributed by atoms with van der Waals surface area (Å²) in [5.74, 6) is -1.06. The second-order valence-electron chi connectivity index (χ2n) is 3.79. The van der Waals surface area contributed by atoms with Gasteiger partial charge in [0.25, 0.3) is 0 Å². The lowest BCUT2D eigenvalue weighted by Gasteiger charge is -2.30. The number of ketones is 1. The molecule has 0 aromatic carbocycles. The normalized spacial score (nSPS) is 28.2. The molecule has 0 aromatic heterocycles. The summed E-state index contributed by atoms with van der Waals surface area (Å²) in [6, 6.07) is 0. The summed E-state index contributed by atoms with van der Waals surface area (Å²) in [6.45, 7) is 1.84. The van der Waals surface area contributed by atoms with E-state index in [1.165, 1.54) is 0 Å². The van der Waals surface area contributed by atoms with Crippen LogP contribution in [0, 0.1) is 5.41 Å². The second-order valence-corrected chi connectivity index (χ2v) is 3.79. The van der Waals surface area contributed by atoms with Crippen molar-refractivity contribution in [2.24, 2.45) is 5.41 Å². The molecule has 1 saturated carbocycles. The summed E-state index contributed by atoms with van der Waals surface area (Å²) < 4.78 is 0. The molecule has 1 aliphatic carbocycles. The monoisotopic (exact) mass is 196 g/mol. The molecular weight excluding hydrogens is 180 g/mol. The number of hydrogen-bond donors (Lipinski definition) is 1. The Balaban J connectivity index is 2.89. The molecule has 1 unspecified atom stereocenters. The summed E-state index contributed by atoms with van der Waals surface area (Å²) >= 11 is 0. The fourth-order valence-electron chi connectivity index (χ4n) is 1.94. The fourth-order valence-corrected chi connectivity index (χ4v) is 1.94. The van der Waals surface area contributed by atoms with Gasteiger partial charge in [-0.05, 0) is 26.2 Å². The van der Waals surface area contributed by atoms with Gasteiger partial charge in [0.05, 0.1) is 0 Å². The van der Waals surface area contributed by atoms with Crippen molar-refractivity contribution in [2.45, 2.75) is 39.0 Å². The largest absolute Gasteiger partial charge is 0.480 e. The van der Waals surface area contributed by atoms with Gasteiger partial charge >= 0.3 is 5.97 Å². The third kappa shape index (κ3) is 1.86. The SMILES string of the molecule is C/C=C/CC1(C(=O)O)CCCCC1=O. The van der Waals surface area contributed by atoms with Crippen molar-refractivity contribution in [2.75, 3.05) is 0 Å². The third-order valence-electron chi connectivity index (χ3n) is 2.90. The molecule has 0 heterocycles. The van der Waals surface area contributed by atoms with Gasteiger partial charge in [0.1, 0.15) is 11.2 Å². The van der Waals surface area contributed by atoms with Crippen LogP contribution in [0.2, 0.25) is 0 Å². The summed E-state index contributed by atoms with van der Waals surface area (Å²) in [5.41, 5.74) is -1.12. The van der Waals surface area contributed by atoms with Crippen LogP contribution in [0.5, 0.6) is 0 Å². The lowest BCUT2D eigenvalue weighted by molar-refractivity contribution is -0.156. The van der Waals surface area contributed by atoms with Gasteiger partial charge in [-0.1, -0.05) is 18.6 Å². The lowest BCUT2D eigenvalue weighted by atomic mass is 9.71. The van der Waals surface area contributed by atoms with Crippen LogP contribution in [0.1, 0.15) is 39.0 Å². The first-order chi connectivity index (χ1) is 6.63. The van der Waals surface area contributed by atoms with Gasteiger partial charge in [-0.25, -0.2) is 0 Å². The maximum Gasteiger partial charge on any atom is 0.317 e. The first-order valence-corrected chi connectivity index (χ1v) is 5.01. The lowest BCUT2D eigenvalue weighted by Crippen LogP contribution is -2.41. The van der Waals surface area contributed by atoms with Crippen LogP contribution in [0.15, 0.2) is 12.2 Å². The molecule has 0 bridgehead atoms. The summed E-state index contributed by atoms with van der Waals surface area (Å²) in [7, 11) is 0. The zero-order valence-electron chi connectivity index (χ0n) is 8.45. The molecule has 0 saturated heterocycles. The Morgan fingerprint density at radius 2 is 2.29 bits per heavy atom. The number of Topliss-reactive ketones (excluding diaryl/α,β-unsaturated/α-hetero) is 1. The van der Waals surface area contributed by atoms with E-state index in [9.17, 15) is 9.59 Å². The quantitative estimate of drug-likeness (QED) is 0.556. The van der Waals surface area contributed by atoms with E-state index >= 15 is 0 Å². The molecule has 1 N–H and O–H groups in total. The van der Waals surface area contributed by atoms with E-state index in [2.05, 4.69) is 0 Å². The van der Waals surface area contributed by atoms with E-state index in [4.69, 9.17) is 5.11 Å². The average molecular weight is 196 g/mol. The topological polar surface area (TPSA) is 54.4 Å². The number of carboxylic acid groups (broad SMARTS) is 1. The Hall–Kier alpha value is -1.12. The highest BCUT2D eigenvalue weighted by Crippen LogP contribution is 2.37. The Bertz CT molecular complexity index is 268. The van der Waals surface area contributed by atoms with E-state index in [0.29, 0.717) is 19.3 Å². The predicted octanol–water partition coefficient (Wildman–Crippen LogP) is 2.17. The molecule has 1 rings (SSSR count). The highest BCUT2D eigenvalue weighted by molar-refractivity contribution is 6.03. The van der Waals surface area contributed by atoms with E-state index in [-0.39, 0.29) is 5.78 Å². The van der Waals surface area contributed by atoms with Crippen LogP contribution >= 0.6 is 0 Å². The summed E-state index contributed by atoms with van der Waals surface area (Å²) in [5, 5.41) is 9.13. The van der Waals surface area contributed by atoms with Crippen molar-refractivity contribution >= 4 is 11.8 Å². The Morgan fingerprint density at radius 1 is 1.57 bits per heavy atom. The van der Waals surface area contributed by atoms with Gasteiger partial charge in [-0.3, -0.25) is 9.59 Å². The minimum atomic E-state index is -1.12. The van der Waals surface area contributed by atoms with Gasteiger partial charge in [0.2, 0.25) is 0 Å². The average Bonchev–Trinajstić information content (AvgIpc) is 2.16. The molecule has 0 aromatic rings. The van der Waals surface area contributed by atoms with Crippen molar-refractivity contribution in [3.8, 4) is 0 Å². The molecule has 0 amide bonds. The number of allylic oxidation sites excluding steroid dienone is 2. The number of carbonyl (C=O) groups excluding carboxylic acids is 1. The van der Waals surface area contributed by atoms with Gasteiger partial charge in [0, 0.05) is 6.42 Å². The third-order valence-corrected chi connectivity index (χ3v) is 2.90. The Morgan fingerprint density at radius 3 is 2.79 bits per heavy atom. The van der Waals surface area contributed by atoms with Crippen molar-refractivity contribution in [1.29, 1.82) is 0 Å². The van der Waals surface area contributed by atoms with Crippen LogP contribution in [-0.2, 0) is 9.59 Å². The number of aliphatic carboxylic acids is 1. The van der Waals surface area contributed by atoms with Crippen LogP contribution in [0.3, 0.4) is 0 Å². The van der Waals surface area contributed by atoms with Crippen LogP contribution < -0.4 is 0 Å². The zero-order valence-corrected chi connectivity index (χ0v) is 8.45. The molecule has 78 valence electrons. The van der Waals surface area contributed by atoms with Gasteiger partial charge in [0.15, 0.2) is 0 Å². The van der Waals surface area contributed by atoms with Gasteiger partial charge in [-0.2, -0.15) is 0 Å². The first-order valence-electron chi connectivity index (χ1n) is 5.01. The van der Waals surface area contributed by atoms with Crippen LogP contribution in [0.25, 0.3) is 0 Å². The molecule has 0 radical (unpaired) electrons. The minimum Gasteiger partial charge on any atom is -0.480 e. The number of carbonyl (C=O) groups is 2. The van der Waals surface area contributed by atoms with Gasteiger partial charge < -0.3 is 5.11 Å². The smallest absolute Gasteiger partial charge is 0.317 e. The molecule has 14 heavy (non-hydrogen) atoms. The molecule has 1 atom stereocenters. The zero-order chi connectivity index (χ0) is 10.6. The number of rotatable bonds is 3. The maximum absolute atomic E-state index is 11.6. The van der Waals surface area contributed by atoms with E-state index < -0.39 is 11.4 Å². The van der Waals surface area contributed by atoms with E-state index in [0.717, 1.165) is 12.8 Å². The predicted molar refractivity (Wildman–Crippen MR) is 53.0 cm³/mol. The molecular formula is C11H16O3. The summed E-state index contributed by atoms with van der Waals surface area (Å²) in [6.07, 6.45) is 6.51. The number of carboxylic acids is 1. The Labute approximate surface area is 83.8 Å². The molecule has 1 aliphatic rings. The maximum atomic E-state index is 11.6. The molecule has 3 heteroatoms. The number of hydrogen-bond acceptors (Lipinski definition) is 2. The van der Waals surface area contributed by atoms with Crippen molar-refractivity contribution < 1.29 is 14.7 Å². The first kappa shape index (κ1) is 11.0. The minimum absolute atomic E-state index is 0.102. The summed E-state index contributed by atoms with van der Waals surface area (Å²) in [4.78, 5) is 22.8. The van der Waals surface area contributed by atoms with E-state index in [1.54, 1.807) is 12.2 Å². The highest BCUT2D eigenvalue weighted by atomic mass is 16.4. The van der Waals surface area contributed by atoms with Crippen molar-refractivity contribution in [1.82, 2.24) is 0 Å². The molecule has 1 fully saturated rings. The molecule has 0 aliphatic heterocycles. The molecule has 0 spiro atoms. The molecule has 3 nitrogen and oxygen atoms in total. The van der Waals surface area contributed by atoms with Crippen LogP contribution in [0.4, 0.5) is 0 Å². The second kappa shape index (κ2) is 4.40. The van der Waals surface area contributed by atoms with E-state index in [1.807, 2.05) is 6.92 Å². The fraction of sp³-hybridized carbons (Fsp3) is 0.636. The standard InChI is InChI=1S/C11H16O3/c1-2-3-7-11(10(13)14)8-5-4-6-9(11)12/h2-3H,4-8H2,1H3,(H,13,14)/b3-2+. The van der Waals surface area contributed by atoms with Crippen LogP contribution in [-0.4, -0.2) is 16.9 Å². The van der Waals surface area contributed by atoms with Gasteiger partial charge in [-0.15, -0.1) is 0 Å².